The zero-order chi connectivity index (χ0) is 11.5. The molecule has 5 heteroatoms. The van der Waals surface area contributed by atoms with E-state index < -0.39 is 0 Å². The number of nitrogens with two attached hydrogens (primary N) is 1. The lowest BCUT2D eigenvalue weighted by atomic mass is 10.0. The average molecular weight is 254 g/mol. The molecule has 2 N–H and O–H groups in total. The van der Waals surface area contributed by atoms with Crippen LogP contribution >= 0.6 is 23.2 Å². The van der Waals surface area contributed by atoms with Gasteiger partial charge in [0.15, 0.2) is 0 Å². The summed E-state index contributed by atoms with van der Waals surface area (Å²) in [6.45, 7) is 0. The van der Waals surface area contributed by atoms with Crippen LogP contribution in [-0.2, 0) is 0 Å². The maximum Gasteiger partial charge on any atom is 0.115 e. The molecule has 0 saturated heterocycles. The topological polar surface area (TPSA) is 51.8 Å². The number of halogens is 2. The molecule has 3 nitrogen and oxygen atoms in total. The quantitative estimate of drug-likeness (QED) is 0.896. The second-order valence-corrected chi connectivity index (χ2v) is 4.16. The Morgan fingerprint density at radius 3 is 2.44 bits per heavy atom. The van der Waals surface area contributed by atoms with Gasteiger partial charge in [0.2, 0.25) is 0 Å². The molecule has 0 radical (unpaired) electrons. The minimum Gasteiger partial charge on any atom is -0.320 e. The van der Waals surface area contributed by atoms with Crippen molar-refractivity contribution in [1.82, 2.24) is 9.97 Å². The minimum absolute atomic E-state index is 0.342. The number of rotatable bonds is 2. The van der Waals surface area contributed by atoms with Gasteiger partial charge in [-0.25, -0.2) is 9.97 Å². The first-order valence-electron chi connectivity index (χ1n) is 4.64. The molecule has 1 aromatic carbocycles. The normalized spacial score (nSPS) is 12.4. The third-order valence-corrected chi connectivity index (χ3v) is 2.80. The molecule has 2 rings (SSSR count). The highest BCUT2D eigenvalue weighted by Crippen LogP contribution is 2.28. The first-order chi connectivity index (χ1) is 7.68. The Hall–Kier alpha value is -1.16. The van der Waals surface area contributed by atoms with Crippen LogP contribution in [0.15, 0.2) is 36.9 Å². The molecule has 1 heterocycles. The van der Waals surface area contributed by atoms with Gasteiger partial charge >= 0.3 is 0 Å². The van der Waals surface area contributed by atoms with Gasteiger partial charge in [-0.15, -0.1) is 0 Å². The van der Waals surface area contributed by atoms with E-state index in [1.54, 1.807) is 24.5 Å². The minimum atomic E-state index is -0.342. The van der Waals surface area contributed by atoms with E-state index in [9.17, 15) is 0 Å². The van der Waals surface area contributed by atoms with E-state index in [0.29, 0.717) is 10.0 Å². The molecule has 0 fully saturated rings. The summed E-state index contributed by atoms with van der Waals surface area (Å²) in [5.74, 6) is 0. The van der Waals surface area contributed by atoms with Gasteiger partial charge in [-0.3, -0.25) is 0 Å². The number of benzene rings is 1. The van der Waals surface area contributed by atoms with Crippen molar-refractivity contribution < 1.29 is 0 Å². The molecule has 16 heavy (non-hydrogen) atoms. The lowest BCUT2D eigenvalue weighted by molar-refractivity contribution is 0.851. The van der Waals surface area contributed by atoms with Crippen LogP contribution in [0, 0.1) is 0 Å². The van der Waals surface area contributed by atoms with Gasteiger partial charge in [-0.1, -0.05) is 29.3 Å². The zero-order valence-corrected chi connectivity index (χ0v) is 9.78. The van der Waals surface area contributed by atoms with Crippen molar-refractivity contribution in [2.24, 2.45) is 5.73 Å². The standard InChI is InChI=1S/C11H9Cl2N3/c12-8-1-2-9(10(13)3-8)11(14)7-4-15-6-16-5-7/h1-6,11H,14H2. The molecule has 0 saturated carbocycles. The Bertz CT molecular complexity index is 488. The van der Waals surface area contributed by atoms with Crippen molar-refractivity contribution in [3.05, 3.63) is 58.1 Å². The van der Waals surface area contributed by atoms with E-state index in [4.69, 9.17) is 28.9 Å². The second-order valence-electron chi connectivity index (χ2n) is 3.32. The van der Waals surface area contributed by atoms with E-state index in [1.807, 2.05) is 6.07 Å². The zero-order valence-electron chi connectivity index (χ0n) is 8.27. The van der Waals surface area contributed by atoms with Gasteiger partial charge in [0.05, 0.1) is 6.04 Å². The molecule has 1 unspecified atom stereocenters. The lowest BCUT2D eigenvalue weighted by Gasteiger charge is -2.13. The highest BCUT2D eigenvalue weighted by molar-refractivity contribution is 6.35. The number of hydrogen-bond acceptors (Lipinski definition) is 3. The van der Waals surface area contributed by atoms with E-state index in [-0.39, 0.29) is 6.04 Å². The third-order valence-electron chi connectivity index (χ3n) is 2.24. The predicted molar refractivity (Wildman–Crippen MR) is 64.5 cm³/mol. The summed E-state index contributed by atoms with van der Waals surface area (Å²) in [6.07, 6.45) is 4.80. The molecule has 1 atom stereocenters. The summed E-state index contributed by atoms with van der Waals surface area (Å²) in [5.41, 5.74) is 7.68. The maximum absolute atomic E-state index is 6.07. The van der Waals surface area contributed by atoms with Crippen molar-refractivity contribution in [2.75, 3.05) is 0 Å². The largest absolute Gasteiger partial charge is 0.320 e. The van der Waals surface area contributed by atoms with Crippen molar-refractivity contribution in [3.8, 4) is 0 Å². The van der Waals surface area contributed by atoms with E-state index in [2.05, 4.69) is 9.97 Å². The summed E-state index contributed by atoms with van der Waals surface area (Å²) in [4.78, 5) is 7.84. The number of nitrogens with zero attached hydrogens (tertiary/aromatic N) is 2. The molecule has 0 spiro atoms. The first-order valence-corrected chi connectivity index (χ1v) is 5.39. The second kappa shape index (κ2) is 4.78. The van der Waals surface area contributed by atoms with Crippen molar-refractivity contribution in [2.45, 2.75) is 6.04 Å². The molecule has 2 aromatic rings. The predicted octanol–water partition coefficient (Wildman–Crippen LogP) is 2.83. The Morgan fingerprint density at radius 1 is 1.12 bits per heavy atom. The van der Waals surface area contributed by atoms with Crippen molar-refractivity contribution in [3.63, 3.8) is 0 Å². The summed E-state index contributed by atoms with van der Waals surface area (Å²) < 4.78 is 0. The van der Waals surface area contributed by atoms with E-state index in [1.165, 1.54) is 6.33 Å². The monoisotopic (exact) mass is 253 g/mol. The van der Waals surface area contributed by atoms with Crippen LogP contribution in [0.3, 0.4) is 0 Å². The Kier molecular flexibility index (Phi) is 3.39. The molecule has 0 bridgehead atoms. The number of hydrogen-bond donors (Lipinski definition) is 1. The molecule has 1 aromatic heterocycles. The lowest BCUT2D eigenvalue weighted by Crippen LogP contribution is -2.12. The summed E-state index contributed by atoms with van der Waals surface area (Å²) in [7, 11) is 0. The summed E-state index contributed by atoms with van der Waals surface area (Å²) in [5, 5.41) is 1.13. The Labute approximate surface area is 103 Å². The molecular formula is C11H9Cl2N3. The van der Waals surface area contributed by atoms with Crippen LogP contribution < -0.4 is 5.73 Å². The fourth-order valence-electron chi connectivity index (χ4n) is 1.40. The smallest absolute Gasteiger partial charge is 0.115 e. The number of aromatic nitrogens is 2. The molecule has 0 aliphatic rings. The fourth-order valence-corrected chi connectivity index (χ4v) is 1.93. The van der Waals surface area contributed by atoms with Gasteiger partial charge in [0, 0.05) is 28.0 Å². The van der Waals surface area contributed by atoms with E-state index >= 15 is 0 Å². The summed E-state index contributed by atoms with van der Waals surface area (Å²) >= 11 is 11.9. The fraction of sp³-hybridized carbons (Fsp3) is 0.0909. The SMILES string of the molecule is NC(c1cncnc1)c1ccc(Cl)cc1Cl. The van der Waals surface area contributed by atoms with E-state index in [0.717, 1.165) is 11.1 Å². The highest BCUT2D eigenvalue weighted by Gasteiger charge is 2.12. The van der Waals surface area contributed by atoms with Crippen LogP contribution in [-0.4, -0.2) is 9.97 Å². The summed E-state index contributed by atoms with van der Waals surface area (Å²) in [6, 6.07) is 4.89. The third kappa shape index (κ3) is 2.32. The van der Waals surface area contributed by atoms with Crippen LogP contribution in [0.4, 0.5) is 0 Å². The molecule has 0 aliphatic carbocycles. The maximum atomic E-state index is 6.07. The van der Waals surface area contributed by atoms with Gasteiger partial charge in [-0.05, 0) is 17.7 Å². The van der Waals surface area contributed by atoms with Gasteiger partial charge < -0.3 is 5.73 Å². The first kappa shape index (κ1) is 11.3. The van der Waals surface area contributed by atoms with Crippen molar-refractivity contribution in [1.29, 1.82) is 0 Å². The van der Waals surface area contributed by atoms with Crippen LogP contribution in [0.1, 0.15) is 17.2 Å². The molecule has 82 valence electrons. The van der Waals surface area contributed by atoms with Crippen LogP contribution in [0.2, 0.25) is 10.0 Å². The average Bonchev–Trinajstić information content (AvgIpc) is 2.29. The van der Waals surface area contributed by atoms with Crippen molar-refractivity contribution >= 4 is 23.2 Å². The van der Waals surface area contributed by atoms with Gasteiger partial charge in [0.25, 0.3) is 0 Å². The van der Waals surface area contributed by atoms with Gasteiger partial charge in [0.1, 0.15) is 6.33 Å². The highest BCUT2D eigenvalue weighted by atomic mass is 35.5. The Morgan fingerprint density at radius 2 is 1.81 bits per heavy atom. The molecule has 0 amide bonds. The van der Waals surface area contributed by atoms with Gasteiger partial charge in [-0.2, -0.15) is 0 Å². The Balaban J connectivity index is 2.38. The van der Waals surface area contributed by atoms with Crippen LogP contribution in [0.25, 0.3) is 0 Å². The molecular weight excluding hydrogens is 245 g/mol. The molecule has 0 aliphatic heterocycles. The van der Waals surface area contributed by atoms with Crippen LogP contribution in [0.5, 0.6) is 0 Å².